The molecule has 5 heteroatoms. The van der Waals surface area contributed by atoms with Gasteiger partial charge in [-0.3, -0.25) is 4.79 Å². The highest BCUT2D eigenvalue weighted by atomic mass is 32.2. The minimum Gasteiger partial charge on any atom is -0.388 e. The number of nitrogens with zero attached hydrogens (tertiary/aromatic N) is 1. The number of nitriles is 1. The van der Waals surface area contributed by atoms with Gasteiger partial charge in [0.1, 0.15) is 0 Å². The van der Waals surface area contributed by atoms with Crippen molar-refractivity contribution in [1.82, 2.24) is 5.32 Å². The van der Waals surface area contributed by atoms with E-state index in [0.29, 0.717) is 11.3 Å². The molecule has 1 aromatic rings. The summed E-state index contributed by atoms with van der Waals surface area (Å²) < 4.78 is 0. The lowest BCUT2D eigenvalue weighted by Gasteiger charge is -2.29. The number of carbonyl (C=O) groups is 1. The molecule has 1 aromatic carbocycles. The van der Waals surface area contributed by atoms with Crippen LogP contribution < -0.4 is 5.32 Å². The Bertz CT molecular complexity index is 520. The molecule has 120 valence electrons. The molecule has 0 aliphatic heterocycles. The lowest BCUT2D eigenvalue weighted by molar-refractivity contribution is -0.120. The zero-order chi connectivity index (χ0) is 16.6. The van der Waals surface area contributed by atoms with E-state index in [0.717, 1.165) is 17.7 Å². The standard InChI is InChI=1S/C17H24N2O2S/c1-4-13(2)17(3,21)12-19-16(20)11-22-10-15-7-5-14(9-18)6-8-15/h5-8,13,21H,4,10-12H2,1-3H3,(H,19,20). The van der Waals surface area contributed by atoms with E-state index >= 15 is 0 Å². The van der Waals surface area contributed by atoms with Gasteiger partial charge in [-0.2, -0.15) is 5.26 Å². The van der Waals surface area contributed by atoms with Gasteiger partial charge in [0.25, 0.3) is 0 Å². The van der Waals surface area contributed by atoms with Crippen molar-refractivity contribution >= 4 is 17.7 Å². The molecule has 0 saturated carbocycles. The maximum Gasteiger partial charge on any atom is 0.230 e. The summed E-state index contributed by atoms with van der Waals surface area (Å²) in [6.07, 6.45) is 0.871. The van der Waals surface area contributed by atoms with Gasteiger partial charge in [0.05, 0.1) is 23.0 Å². The van der Waals surface area contributed by atoms with Crippen LogP contribution in [0.3, 0.4) is 0 Å². The van der Waals surface area contributed by atoms with Crippen molar-refractivity contribution in [1.29, 1.82) is 5.26 Å². The van der Waals surface area contributed by atoms with Crippen LogP contribution in [-0.2, 0) is 10.5 Å². The molecule has 2 atom stereocenters. The molecular formula is C17H24N2O2S. The molecule has 2 N–H and O–H groups in total. The second kappa shape index (κ2) is 8.82. The van der Waals surface area contributed by atoms with Gasteiger partial charge in [-0.05, 0) is 30.5 Å². The van der Waals surface area contributed by atoms with Crippen LogP contribution in [0.1, 0.15) is 38.3 Å². The molecule has 0 radical (unpaired) electrons. The third-order valence-corrected chi connectivity index (χ3v) is 4.91. The Labute approximate surface area is 136 Å². The molecule has 1 rings (SSSR count). The smallest absolute Gasteiger partial charge is 0.230 e. The lowest BCUT2D eigenvalue weighted by Crippen LogP contribution is -2.45. The van der Waals surface area contributed by atoms with E-state index in [9.17, 15) is 9.90 Å². The second-order valence-corrected chi connectivity index (χ2v) is 6.73. The molecular weight excluding hydrogens is 296 g/mol. The SMILES string of the molecule is CCC(C)C(C)(O)CNC(=O)CSCc1ccc(C#N)cc1. The number of rotatable bonds is 8. The van der Waals surface area contributed by atoms with Crippen molar-refractivity contribution < 1.29 is 9.90 Å². The predicted octanol–water partition coefficient (Wildman–Crippen LogP) is 2.70. The van der Waals surface area contributed by atoms with Crippen LogP contribution in [0.2, 0.25) is 0 Å². The van der Waals surface area contributed by atoms with Gasteiger partial charge in [-0.25, -0.2) is 0 Å². The summed E-state index contributed by atoms with van der Waals surface area (Å²) in [7, 11) is 0. The molecule has 0 bridgehead atoms. The van der Waals surface area contributed by atoms with E-state index in [1.54, 1.807) is 19.1 Å². The van der Waals surface area contributed by atoms with E-state index in [2.05, 4.69) is 11.4 Å². The van der Waals surface area contributed by atoms with Crippen LogP contribution in [-0.4, -0.2) is 28.9 Å². The molecule has 0 aliphatic carbocycles. The van der Waals surface area contributed by atoms with E-state index in [1.807, 2.05) is 26.0 Å². The van der Waals surface area contributed by atoms with Crippen molar-refractivity contribution in [3.8, 4) is 6.07 Å². The molecule has 1 amide bonds. The van der Waals surface area contributed by atoms with Crippen LogP contribution in [0.15, 0.2) is 24.3 Å². The molecule has 4 nitrogen and oxygen atoms in total. The summed E-state index contributed by atoms with van der Waals surface area (Å²) in [6.45, 7) is 6.03. The third-order valence-electron chi connectivity index (χ3n) is 3.90. The summed E-state index contributed by atoms with van der Waals surface area (Å²) in [5, 5.41) is 21.8. The Morgan fingerprint density at radius 1 is 1.45 bits per heavy atom. The fourth-order valence-corrected chi connectivity index (χ4v) is 2.70. The Morgan fingerprint density at radius 3 is 2.64 bits per heavy atom. The molecule has 0 fully saturated rings. The largest absolute Gasteiger partial charge is 0.388 e. The Hall–Kier alpha value is -1.51. The molecule has 0 saturated heterocycles. The minimum atomic E-state index is -0.873. The Kier molecular flexibility index (Phi) is 7.43. The summed E-state index contributed by atoms with van der Waals surface area (Å²) in [5.41, 5.74) is 0.851. The third kappa shape index (κ3) is 6.08. The number of thioether (sulfide) groups is 1. The first-order valence-corrected chi connectivity index (χ1v) is 8.60. The zero-order valence-electron chi connectivity index (χ0n) is 13.4. The molecule has 0 aliphatic rings. The van der Waals surface area contributed by atoms with E-state index < -0.39 is 5.60 Å². The average molecular weight is 320 g/mol. The zero-order valence-corrected chi connectivity index (χ0v) is 14.2. The van der Waals surface area contributed by atoms with Gasteiger partial charge in [0, 0.05) is 12.3 Å². The van der Waals surface area contributed by atoms with Gasteiger partial charge in [-0.1, -0.05) is 32.4 Å². The van der Waals surface area contributed by atoms with Gasteiger partial charge in [0.15, 0.2) is 0 Å². The van der Waals surface area contributed by atoms with Crippen LogP contribution in [0.4, 0.5) is 0 Å². The van der Waals surface area contributed by atoms with Gasteiger partial charge in [-0.15, -0.1) is 11.8 Å². The van der Waals surface area contributed by atoms with Crippen molar-refractivity contribution in [3.63, 3.8) is 0 Å². The number of aliphatic hydroxyl groups is 1. The van der Waals surface area contributed by atoms with E-state index in [4.69, 9.17) is 5.26 Å². The van der Waals surface area contributed by atoms with E-state index in [-0.39, 0.29) is 18.4 Å². The Morgan fingerprint density at radius 2 is 2.09 bits per heavy atom. The Balaban J connectivity index is 2.30. The number of hydrogen-bond acceptors (Lipinski definition) is 4. The first-order chi connectivity index (χ1) is 10.4. The summed E-state index contributed by atoms with van der Waals surface area (Å²) in [5.74, 6) is 1.15. The van der Waals surface area contributed by atoms with Crippen LogP contribution in [0.5, 0.6) is 0 Å². The highest BCUT2D eigenvalue weighted by Crippen LogP contribution is 2.19. The number of benzene rings is 1. The van der Waals surface area contributed by atoms with Gasteiger partial charge >= 0.3 is 0 Å². The number of amides is 1. The second-order valence-electron chi connectivity index (χ2n) is 5.74. The summed E-state index contributed by atoms with van der Waals surface area (Å²) >= 11 is 1.52. The first-order valence-electron chi connectivity index (χ1n) is 7.45. The minimum absolute atomic E-state index is 0.0674. The lowest BCUT2D eigenvalue weighted by atomic mass is 9.89. The number of carbonyl (C=O) groups excluding carboxylic acids is 1. The molecule has 22 heavy (non-hydrogen) atoms. The maximum atomic E-state index is 11.8. The van der Waals surface area contributed by atoms with E-state index in [1.165, 1.54) is 11.8 Å². The number of hydrogen-bond donors (Lipinski definition) is 2. The van der Waals surface area contributed by atoms with Crippen LogP contribution in [0.25, 0.3) is 0 Å². The quantitative estimate of drug-likeness (QED) is 0.772. The topological polar surface area (TPSA) is 73.1 Å². The van der Waals surface area contributed by atoms with Crippen LogP contribution >= 0.6 is 11.8 Å². The van der Waals surface area contributed by atoms with Crippen molar-refractivity contribution in [2.24, 2.45) is 5.92 Å². The van der Waals surface area contributed by atoms with Crippen molar-refractivity contribution in [3.05, 3.63) is 35.4 Å². The molecule has 0 aromatic heterocycles. The van der Waals surface area contributed by atoms with Crippen molar-refractivity contribution in [2.75, 3.05) is 12.3 Å². The first kappa shape index (κ1) is 18.5. The average Bonchev–Trinajstić information content (AvgIpc) is 2.52. The summed E-state index contributed by atoms with van der Waals surface area (Å²) in [6, 6.07) is 9.43. The molecule has 2 unspecified atom stereocenters. The fraction of sp³-hybridized carbons (Fsp3) is 0.529. The normalized spacial score (nSPS) is 14.7. The highest BCUT2D eigenvalue weighted by Gasteiger charge is 2.27. The van der Waals surface area contributed by atoms with Gasteiger partial charge < -0.3 is 10.4 Å². The van der Waals surface area contributed by atoms with Crippen LogP contribution in [0, 0.1) is 17.2 Å². The number of nitrogens with one attached hydrogen (secondary N) is 1. The molecule has 0 spiro atoms. The monoisotopic (exact) mass is 320 g/mol. The maximum absolute atomic E-state index is 11.8. The molecule has 0 heterocycles. The fourth-order valence-electron chi connectivity index (χ4n) is 1.88. The van der Waals surface area contributed by atoms with Crippen molar-refractivity contribution in [2.45, 2.75) is 38.5 Å². The highest BCUT2D eigenvalue weighted by molar-refractivity contribution is 7.99. The predicted molar refractivity (Wildman–Crippen MR) is 90.4 cm³/mol. The van der Waals surface area contributed by atoms with Gasteiger partial charge in [0.2, 0.25) is 5.91 Å². The summed E-state index contributed by atoms with van der Waals surface area (Å²) in [4.78, 5) is 11.8.